The highest BCUT2D eigenvalue weighted by Crippen LogP contribution is 2.00. The minimum Gasteiger partial charge on any atom is -0.395 e. The van der Waals surface area contributed by atoms with Gasteiger partial charge in [0, 0.05) is 17.3 Å². The molecule has 0 spiro atoms. The van der Waals surface area contributed by atoms with E-state index >= 15 is 0 Å². The molecule has 1 aromatic heterocycles. The van der Waals surface area contributed by atoms with Crippen molar-refractivity contribution in [2.24, 2.45) is 0 Å². The van der Waals surface area contributed by atoms with Crippen LogP contribution in [0.4, 0.5) is 0 Å². The van der Waals surface area contributed by atoms with E-state index in [0.29, 0.717) is 4.57 Å². The second-order valence-corrected chi connectivity index (χ2v) is 4.32. The van der Waals surface area contributed by atoms with Crippen molar-refractivity contribution in [2.45, 2.75) is 13.5 Å². The van der Waals surface area contributed by atoms with Gasteiger partial charge in [-0.25, -0.2) is 4.79 Å². The van der Waals surface area contributed by atoms with Crippen molar-refractivity contribution in [2.75, 3.05) is 6.61 Å². The Kier molecular flexibility index (Phi) is 3.95. The van der Waals surface area contributed by atoms with E-state index in [1.165, 1.54) is 25.3 Å². The summed E-state index contributed by atoms with van der Waals surface area (Å²) in [6.07, 6.45) is 1.34. The Morgan fingerprint density at radius 3 is 2.45 bits per heavy atom. The molecule has 1 heterocycles. The van der Waals surface area contributed by atoms with Crippen molar-refractivity contribution >= 4 is 5.91 Å². The van der Waals surface area contributed by atoms with Crippen LogP contribution in [0.25, 0.3) is 0 Å². The minimum absolute atomic E-state index is 0.0298. The van der Waals surface area contributed by atoms with Gasteiger partial charge in [-0.15, -0.1) is 0 Å². The first-order valence-electron chi connectivity index (χ1n) is 6.10. The van der Waals surface area contributed by atoms with Gasteiger partial charge in [0.05, 0.1) is 13.2 Å². The van der Waals surface area contributed by atoms with E-state index in [0.717, 1.165) is 4.57 Å². The third-order valence-corrected chi connectivity index (χ3v) is 2.89. The highest BCUT2D eigenvalue weighted by Gasteiger charge is 2.16. The fourth-order valence-corrected chi connectivity index (χ4v) is 1.89. The SMILES string of the molecule is Cc1cn(CCO)c(=O)n(C(=O)c2ccccc2)c1=O. The number of aromatic nitrogens is 2. The lowest BCUT2D eigenvalue weighted by Gasteiger charge is -2.09. The van der Waals surface area contributed by atoms with Crippen molar-refractivity contribution in [3.05, 3.63) is 68.5 Å². The predicted octanol–water partition coefficient (Wildman–Crippen LogP) is -0.000780. The van der Waals surface area contributed by atoms with E-state index in [1.807, 2.05) is 0 Å². The monoisotopic (exact) mass is 274 g/mol. The van der Waals surface area contributed by atoms with Crippen molar-refractivity contribution in [3.63, 3.8) is 0 Å². The average Bonchev–Trinajstić information content (AvgIpc) is 2.46. The maximum Gasteiger partial charge on any atom is 0.338 e. The summed E-state index contributed by atoms with van der Waals surface area (Å²) < 4.78 is 1.75. The van der Waals surface area contributed by atoms with Gasteiger partial charge >= 0.3 is 5.69 Å². The van der Waals surface area contributed by atoms with Crippen LogP contribution in [0.3, 0.4) is 0 Å². The Labute approximate surface area is 114 Å². The molecular weight excluding hydrogens is 260 g/mol. The smallest absolute Gasteiger partial charge is 0.338 e. The average molecular weight is 274 g/mol. The Morgan fingerprint density at radius 2 is 1.85 bits per heavy atom. The molecule has 0 amide bonds. The first kappa shape index (κ1) is 14.0. The summed E-state index contributed by atoms with van der Waals surface area (Å²) in [6, 6.07) is 8.11. The van der Waals surface area contributed by atoms with Gasteiger partial charge in [0.2, 0.25) is 0 Å². The van der Waals surface area contributed by atoms with Crippen LogP contribution in [0.5, 0.6) is 0 Å². The summed E-state index contributed by atoms with van der Waals surface area (Å²) in [5.74, 6) is -0.670. The number of carbonyl (C=O) groups excluding carboxylic acids is 1. The quantitative estimate of drug-likeness (QED) is 0.854. The number of carbonyl (C=O) groups is 1. The fraction of sp³-hybridized carbons (Fsp3) is 0.214. The van der Waals surface area contributed by atoms with Crippen LogP contribution in [-0.2, 0) is 6.54 Å². The summed E-state index contributed by atoms with van der Waals surface area (Å²) in [5, 5.41) is 8.92. The second kappa shape index (κ2) is 5.66. The predicted molar refractivity (Wildman–Crippen MR) is 73.0 cm³/mol. The van der Waals surface area contributed by atoms with Crippen LogP contribution in [0.1, 0.15) is 15.9 Å². The van der Waals surface area contributed by atoms with Crippen molar-refractivity contribution in [1.29, 1.82) is 0 Å². The lowest BCUT2D eigenvalue weighted by atomic mass is 10.2. The van der Waals surface area contributed by atoms with Crippen LogP contribution >= 0.6 is 0 Å². The first-order chi connectivity index (χ1) is 9.56. The lowest BCUT2D eigenvalue weighted by molar-refractivity contribution is 0.0947. The molecule has 0 aliphatic carbocycles. The van der Waals surface area contributed by atoms with Crippen LogP contribution in [0, 0.1) is 6.92 Å². The summed E-state index contributed by atoms with van der Waals surface area (Å²) >= 11 is 0. The molecule has 0 fully saturated rings. The molecule has 6 heteroatoms. The molecule has 20 heavy (non-hydrogen) atoms. The van der Waals surface area contributed by atoms with Gasteiger partial charge in [-0.05, 0) is 19.1 Å². The van der Waals surface area contributed by atoms with Gasteiger partial charge in [0.15, 0.2) is 0 Å². The van der Waals surface area contributed by atoms with Gasteiger partial charge in [0.1, 0.15) is 0 Å². The third-order valence-electron chi connectivity index (χ3n) is 2.89. The zero-order valence-corrected chi connectivity index (χ0v) is 10.9. The normalized spacial score (nSPS) is 10.5. The second-order valence-electron chi connectivity index (χ2n) is 4.32. The fourth-order valence-electron chi connectivity index (χ4n) is 1.89. The Balaban J connectivity index is 2.65. The van der Waals surface area contributed by atoms with Gasteiger partial charge in [-0.2, -0.15) is 4.57 Å². The van der Waals surface area contributed by atoms with E-state index in [4.69, 9.17) is 5.11 Å². The van der Waals surface area contributed by atoms with Crippen LogP contribution in [0.15, 0.2) is 46.1 Å². The summed E-state index contributed by atoms with van der Waals surface area (Å²) in [7, 11) is 0. The van der Waals surface area contributed by atoms with Crippen LogP contribution in [-0.4, -0.2) is 26.8 Å². The third kappa shape index (κ3) is 2.46. The molecule has 0 aliphatic rings. The Hall–Kier alpha value is -2.47. The number of nitrogens with zero attached hydrogens (tertiary/aromatic N) is 2. The number of hydrogen-bond donors (Lipinski definition) is 1. The number of aryl methyl sites for hydroxylation is 1. The summed E-state index contributed by atoms with van der Waals surface area (Å²) in [5.41, 5.74) is -0.864. The van der Waals surface area contributed by atoms with E-state index in [-0.39, 0.29) is 24.3 Å². The largest absolute Gasteiger partial charge is 0.395 e. The molecule has 0 bridgehead atoms. The Morgan fingerprint density at radius 1 is 1.20 bits per heavy atom. The molecule has 1 N–H and O–H groups in total. The molecule has 2 rings (SSSR count). The highest BCUT2D eigenvalue weighted by molar-refractivity contribution is 5.95. The number of rotatable bonds is 3. The molecule has 0 radical (unpaired) electrons. The van der Waals surface area contributed by atoms with Gasteiger partial charge in [-0.3, -0.25) is 14.2 Å². The zero-order valence-electron chi connectivity index (χ0n) is 10.9. The molecule has 0 unspecified atom stereocenters. The maximum absolute atomic E-state index is 12.3. The molecule has 0 saturated heterocycles. The van der Waals surface area contributed by atoms with E-state index < -0.39 is 17.2 Å². The van der Waals surface area contributed by atoms with Crippen LogP contribution in [0.2, 0.25) is 0 Å². The molecule has 0 atom stereocenters. The van der Waals surface area contributed by atoms with Crippen molar-refractivity contribution < 1.29 is 9.90 Å². The maximum atomic E-state index is 12.3. The molecular formula is C14H14N2O4. The van der Waals surface area contributed by atoms with Gasteiger partial charge < -0.3 is 5.11 Å². The molecule has 0 saturated carbocycles. The molecule has 0 aliphatic heterocycles. The van der Waals surface area contributed by atoms with Crippen LogP contribution < -0.4 is 11.2 Å². The molecule has 1 aromatic carbocycles. The van der Waals surface area contributed by atoms with Gasteiger partial charge in [0.25, 0.3) is 11.5 Å². The van der Waals surface area contributed by atoms with E-state index in [1.54, 1.807) is 18.2 Å². The number of aliphatic hydroxyl groups excluding tert-OH is 1. The number of hydrogen-bond acceptors (Lipinski definition) is 4. The molecule has 6 nitrogen and oxygen atoms in total. The lowest BCUT2D eigenvalue weighted by Crippen LogP contribution is -2.44. The molecule has 2 aromatic rings. The topological polar surface area (TPSA) is 81.3 Å². The number of aliphatic hydroxyl groups is 1. The van der Waals surface area contributed by atoms with Crippen molar-refractivity contribution in [3.8, 4) is 0 Å². The summed E-state index contributed by atoms with van der Waals surface area (Å²) in [6.45, 7) is 1.30. The Bertz CT molecular complexity index is 744. The summed E-state index contributed by atoms with van der Waals surface area (Å²) in [4.78, 5) is 36.5. The van der Waals surface area contributed by atoms with Crippen molar-refractivity contribution in [1.82, 2.24) is 9.13 Å². The number of benzene rings is 1. The van der Waals surface area contributed by atoms with Gasteiger partial charge in [-0.1, -0.05) is 18.2 Å². The molecule has 104 valence electrons. The van der Waals surface area contributed by atoms with E-state index in [9.17, 15) is 14.4 Å². The highest BCUT2D eigenvalue weighted by atomic mass is 16.3. The standard InChI is InChI=1S/C14H14N2O4/c1-10-9-15(7-8-17)14(20)16(12(10)18)13(19)11-5-3-2-4-6-11/h2-6,9,17H,7-8H2,1H3. The first-order valence-corrected chi connectivity index (χ1v) is 6.10. The zero-order chi connectivity index (χ0) is 14.7. The van der Waals surface area contributed by atoms with E-state index in [2.05, 4.69) is 0 Å². The minimum atomic E-state index is -0.747.